The highest BCUT2D eigenvalue weighted by atomic mass is 16.7. The molecule has 7 rings (SSSR count). The van der Waals surface area contributed by atoms with Crippen LogP contribution >= 0.6 is 0 Å². The third kappa shape index (κ3) is 10.1. The highest BCUT2D eigenvalue weighted by Gasteiger charge is 2.54. The lowest BCUT2D eigenvalue weighted by Crippen LogP contribution is -2.63. The van der Waals surface area contributed by atoms with Crippen molar-refractivity contribution in [1.82, 2.24) is 0 Å². The van der Waals surface area contributed by atoms with E-state index in [2.05, 4.69) is 0 Å². The van der Waals surface area contributed by atoms with Crippen LogP contribution in [0.2, 0.25) is 0 Å². The van der Waals surface area contributed by atoms with E-state index in [0.29, 0.717) is 24.3 Å². The van der Waals surface area contributed by atoms with Gasteiger partial charge in [-0.2, -0.15) is 0 Å². The van der Waals surface area contributed by atoms with E-state index in [1.807, 2.05) is 0 Å². The number of rotatable bonds is 16. The monoisotopic (exact) mass is 1090 g/mol. The summed E-state index contributed by atoms with van der Waals surface area (Å²) in [5.74, 6) is -14.7. The average Bonchev–Trinajstić information content (AvgIpc) is 3.50. The molecule has 416 valence electrons. The second-order valence-corrected chi connectivity index (χ2v) is 16.3. The van der Waals surface area contributed by atoms with Gasteiger partial charge in [0, 0.05) is 30.4 Å². The quantitative estimate of drug-likeness (QED) is 0.0441. The van der Waals surface area contributed by atoms with Gasteiger partial charge in [0.15, 0.2) is 93.6 Å². The summed E-state index contributed by atoms with van der Waals surface area (Å²) < 4.78 is 92.9. The molecular formula is C51H50O27. The molecule has 1 saturated heterocycles. The molecule has 27 heteroatoms. The van der Waals surface area contributed by atoms with Crippen LogP contribution in [-0.4, -0.2) is 169 Å². The molecule has 0 amide bonds. The normalized spacial score (nSPS) is 17.6. The van der Waals surface area contributed by atoms with E-state index in [1.54, 1.807) is 0 Å². The Morgan fingerprint density at radius 1 is 0.487 bits per heavy atom. The van der Waals surface area contributed by atoms with Crippen molar-refractivity contribution in [2.75, 3.05) is 77.7 Å². The summed E-state index contributed by atoms with van der Waals surface area (Å²) in [5, 5.41) is 61.4. The molecule has 0 spiro atoms. The first-order chi connectivity index (χ1) is 37.3. The molecule has 2 aliphatic heterocycles. The first kappa shape index (κ1) is 56.1. The number of methoxy groups -OCH3 is 10. The third-order valence-electron chi connectivity index (χ3n) is 12.1. The highest BCUT2D eigenvalue weighted by molar-refractivity contribution is 6.09. The number of carbonyl (C=O) groups excluding carboxylic acids is 5. The van der Waals surface area contributed by atoms with Crippen LogP contribution in [0.4, 0.5) is 0 Å². The Kier molecular flexibility index (Phi) is 16.6. The lowest BCUT2D eigenvalue weighted by Gasteiger charge is -2.44. The van der Waals surface area contributed by atoms with E-state index in [4.69, 9.17) is 75.8 Å². The average molecular weight is 1090 g/mol. The van der Waals surface area contributed by atoms with Gasteiger partial charge in [-0.15, -0.1) is 0 Å². The fourth-order valence-corrected chi connectivity index (χ4v) is 8.51. The minimum atomic E-state index is -2.17. The van der Waals surface area contributed by atoms with Gasteiger partial charge in [0.1, 0.15) is 18.3 Å². The number of phenolic OH excluding ortho intramolecular Hbond substituents is 6. The number of fused-ring (bicyclic) bond motifs is 4. The number of hydrogen-bond donors (Lipinski definition) is 6. The molecule has 0 radical (unpaired) electrons. The zero-order valence-corrected chi connectivity index (χ0v) is 42.9. The summed E-state index contributed by atoms with van der Waals surface area (Å²) in [6, 6.07) is 6.24. The van der Waals surface area contributed by atoms with Gasteiger partial charge in [-0.25, -0.2) is 24.0 Å². The molecule has 0 unspecified atom stereocenters. The summed E-state index contributed by atoms with van der Waals surface area (Å²) in [6.45, 7) is -0.900. The molecule has 6 N–H and O–H groups in total. The summed E-state index contributed by atoms with van der Waals surface area (Å²) in [5.41, 5.74) is -3.21. The molecule has 0 bridgehead atoms. The van der Waals surface area contributed by atoms with Gasteiger partial charge in [0.05, 0.1) is 86.2 Å². The number of hydrogen-bond acceptors (Lipinski definition) is 27. The number of phenols is 6. The van der Waals surface area contributed by atoms with Crippen LogP contribution < -0.4 is 42.6 Å². The molecule has 1 fully saturated rings. The summed E-state index contributed by atoms with van der Waals surface area (Å²) in [7, 11) is 12.0. The van der Waals surface area contributed by atoms with Gasteiger partial charge >= 0.3 is 29.8 Å². The van der Waals surface area contributed by atoms with Crippen LogP contribution in [0.15, 0.2) is 42.5 Å². The maximum absolute atomic E-state index is 15.7. The van der Waals surface area contributed by atoms with Gasteiger partial charge < -0.3 is 106 Å². The molecule has 5 aromatic rings. The zero-order chi connectivity index (χ0) is 57.0. The Morgan fingerprint density at radius 2 is 0.923 bits per heavy atom. The van der Waals surface area contributed by atoms with Gasteiger partial charge in [-0.1, -0.05) is 0 Å². The third-order valence-corrected chi connectivity index (χ3v) is 12.1. The Bertz CT molecular complexity index is 3140. The second kappa shape index (κ2) is 23.1. The van der Waals surface area contributed by atoms with Crippen molar-refractivity contribution < 1.29 is 130 Å². The Labute approximate surface area is 441 Å². The van der Waals surface area contributed by atoms with Crippen molar-refractivity contribution in [1.29, 1.82) is 0 Å². The lowest BCUT2D eigenvalue weighted by atomic mass is 9.91. The molecule has 2 heterocycles. The molecule has 5 aromatic carbocycles. The predicted octanol–water partition coefficient (Wildman–Crippen LogP) is 4.75. The fourth-order valence-electron chi connectivity index (χ4n) is 8.51. The maximum atomic E-state index is 15.7. The molecular weight excluding hydrogens is 1040 g/mol. The molecule has 0 aromatic heterocycles. The van der Waals surface area contributed by atoms with Crippen molar-refractivity contribution in [2.45, 2.75) is 30.7 Å². The number of aromatic hydroxyl groups is 6. The van der Waals surface area contributed by atoms with Crippen molar-refractivity contribution in [3.63, 3.8) is 0 Å². The SMILES string of the molecule is COC(=O)c1cc(OC)c(OC)c(OC)c1Oc1cc2c(c(OC)c1OC)-c1c(cc(OC)c(OC)c1OC)C(=O)OC[C@H]1O[C@H](OC)[C@H](OC(=O)c3cc(O)c(O)c(O)c3)[C@@H](OC(=O)c3cc(O)c(O)c(O)c3)[C@@H]1OC2=O. The van der Waals surface area contributed by atoms with Gasteiger partial charge in [0.2, 0.25) is 23.0 Å². The molecule has 0 saturated carbocycles. The van der Waals surface area contributed by atoms with Crippen molar-refractivity contribution in [3.05, 3.63) is 70.3 Å². The topological polar surface area (TPSA) is 354 Å². The number of benzene rings is 5. The van der Waals surface area contributed by atoms with Gasteiger partial charge in [-0.05, 0) is 30.3 Å². The van der Waals surface area contributed by atoms with E-state index < -0.39 is 136 Å². The zero-order valence-electron chi connectivity index (χ0n) is 42.9. The smallest absolute Gasteiger partial charge is 0.341 e. The van der Waals surface area contributed by atoms with Crippen LogP contribution in [0, 0.1) is 0 Å². The van der Waals surface area contributed by atoms with Crippen LogP contribution in [0.1, 0.15) is 51.8 Å². The van der Waals surface area contributed by atoms with Crippen LogP contribution in [-0.2, 0) is 33.2 Å². The van der Waals surface area contributed by atoms with E-state index in [9.17, 15) is 49.8 Å². The molecule has 5 atom stereocenters. The van der Waals surface area contributed by atoms with E-state index in [1.165, 1.54) is 61.9 Å². The Morgan fingerprint density at radius 3 is 1.38 bits per heavy atom. The predicted molar refractivity (Wildman–Crippen MR) is 259 cm³/mol. The Balaban J connectivity index is 1.54. The summed E-state index contributed by atoms with van der Waals surface area (Å²) in [6.07, 6.45) is -9.97. The number of ether oxygens (including phenoxy) is 16. The molecule has 0 aliphatic carbocycles. The van der Waals surface area contributed by atoms with E-state index in [0.717, 1.165) is 27.4 Å². The standard InChI is InChI=1S/C51H50O27/c1-63-28-15-21-32(41(68-6)37(28)65-3)33-22(16-30(39(67-5)42(33)69-7)74-36-23(48(60)71-9)17-29(64-2)38(66-4)43(36)70-8)50(62)76-40-31(18-73-49(21)61)75-51(72-10)45(78-47(59)20-13-26(54)35(57)27(55)14-20)44(40)77-46(58)19-11-24(52)34(56)25(53)12-19/h11-17,31,40,44-45,51-57H,18H2,1-10H3/t31-,40-,44+,45-,51+/m1/s1. The maximum Gasteiger partial charge on any atom is 0.341 e. The molecule has 78 heavy (non-hydrogen) atoms. The van der Waals surface area contributed by atoms with Crippen LogP contribution in [0.25, 0.3) is 11.1 Å². The first-order valence-electron chi connectivity index (χ1n) is 22.5. The minimum Gasteiger partial charge on any atom is -0.504 e. The minimum absolute atomic E-state index is 0.00525. The summed E-state index contributed by atoms with van der Waals surface area (Å²) >= 11 is 0. The fraction of sp³-hybridized carbons (Fsp3) is 0.314. The molecule has 27 nitrogen and oxygen atoms in total. The van der Waals surface area contributed by atoms with Gasteiger partial charge in [-0.3, -0.25) is 0 Å². The van der Waals surface area contributed by atoms with Crippen molar-refractivity contribution >= 4 is 29.8 Å². The van der Waals surface area contributed by atoms with E-state index in [-0.39, 0.29) is 62.5 Å². The number of cyclic esters (lactones) is 1. The highest BCUT2D eigenvalue weighted by Crippen LogP contribution is 2.57. The second-order valence-electron chi connectivity index (χ2n) is 16.3. The van der Waals surface area contributed by atoms with Crippen LogP contribution in [0.5, 0.6) is 92.0 Å². The van der Waals surface area contributed by atoms with Crippen molar-refractivity contribution in [2.24, 2.45) is 0 Å². The number of esters is 5. The van der Waals surface area contributed by atoms with Crippen molar-refractivity contribution in [3.8, 4) is 103 Å². The van der Waals surface area contributed by atoms with Crippen LogP contribution in [0.3, 0.4) is 0 Å². The Hall–Kier alpha value is -9.63. The van der Waals surface area contributed by atoms with Gasteiger partial charge in [0.25, 0.3) is 0 Å². The number of carbonyl (C=O) groups is 5. The lowest BCUT2D eigenvalue weighted by molar-refractivity contribution is -0.291. The van der Waals surface area contributed by atoms with E-state index >= 15 is 4.79 Å². The summed E-state index contributed by atoms with van der Waals surface area (Å²) in [4.78, 5) is 72.1. The molecule has 2 aliphatic rings. The first-order valence-corrected chi connectivity index (χ1v) is 22.5. The largest absolute Gasteiger partial charge is 0.504 e.